The van der Waals surface area contributed by atoms with Crippen LogP contribution in [0.2, 0.25) is 0 Å². The molecule has 0 unspecified atom stereocenters. The van der Waals surface area contributed by atoms with E-state index in [0.717, 1.165) is 23.1 Å². The van der Waals surface area contributed by atoms with E-state index in [2.05, 4.69) is 25.8 Å². The third-order valence-electron chi connectivity index (χ3n) is 7.76. The van der Waals surface area contributed by atoms with Crippen LogP contribution in [0.25, 0.3) is 22.5 Å². The summed E-state index contributed by atoms with van der Waals surface area (Å²) in [6.45, 7) is -0.0172. The maximum atomic E-state index is 14.3. The molecule has 0 bridgehead atoms. The van der Waals surface area contributed by atoms with Crippen molar-refractivity contribution in [2.75, 3.05) is 37.0 Å². The third-order valence-corrected chi connectivity index (χ3v) is 7.76. The summed E-state index contributed by atoms with van der Waals surface area (Å²) < 4.78 is 91.2. The van der Waals surface area contributed by atoms with Gasteiger partial charge in [-0.15, -0.1) is 10.2 Å². The summed E-state index contributed by atoms with van der Waals surface area (Å²) in [6, 6.07) is 9.82. The molecule has 0 spiro atoms. The minimum atomic E-state index is -4.80. The Hall–Kier alpha value is -5.05. The van der Waals surface area contributed by atoms with E-state index in [9.17, 15) is 36.2 Å². The lowest BCUT2D eigenvalue weighted by molar-refractivity contribution is -0.138. The number of amides is 1. The lowest BCUT2D eigenvalue weighted by Crippen LogP contribution is -2.25. The molecule has 0 saturated heterocycles. The fourth-order valence-electron chi connectivity index (χ4n) is 5.40. The zero-order valence-electron chi connectivity index (χ0n) is 26.2. The number of halogens is 6. The number of hydrogen-bond donors (Lipinski definition) is 3. The van der Waals surface area contributed by atoms with Crippen molar-refractivity contribution < 1.29 is 41.0 Å². The van der Waals surface area contributed by atoms with Gasteiger partial charge in [-0.05, 0) is 64.7 Å². The number of hydrogen-bond acceptors (Lipinski definition) is 9. The van der Waals surface area contributed by atoms with Crippen LogP contribution in [0.1, 0.15) is 39.0 Å². The number of aromatic nitrogens is 4. The molecule has 0 radical (unpaired) electrons. The highest BCUT2D eigenvalue weighted by atomic mass is 19.4. The van der Waals surface area contributed by atoms with Crippen molar-refractivity contribution in [2.24, 2.45) is 7.05 Å². The van der Waals surface area contributed by atoms with Crippen LogP contribution in [-0.2, 0) is 37.2 Å². The van der Waals surface area contributed by atoms with Gasteiger partial charge in [0.15, 0.2) is 5.82 Å². The molecule has 0 aliphatic carbocycles. The number of fused-ring (bicyclic) bond motifs is 1. The van der Waals surface area contributed by atoms with Crippen molar-refractivity contribution in [1.82, 2.24) is 25.1 Å². The maximum Gasteiger partial charge on any atom is 0.416 e. The van der Waals surface area contributed by atoms with E-state index in [4.69, 9.17) is 10.00 Å². The molecular formula is C32H30F6N8O3. The van der Waals surface area contributed by atoms with Gasteiger partial charge in [0.05, 0.1) is 42.9 Å². The molecule has 49 heavy (non-hydrogen) atoms. The fourth-order valence-corrected chi connectivity index (χ4v) is 5.40. The van der Waals surface area contributed by atoms with Gasteiger partial charge in [-0.3, -0.25) is 9.69 Å². The SMILES string of the molecule is COCCNCc1cc2c(c(C(F)(F)F)c1)CN(c1cc(-c3cc(C(F)(F)F)ccc3-c3nncn3C)cc(NC[C@@H](O)CC#N)n1)C2=O. The molecule has 258 valence electrons. The second kappa shape index (κ2) is 14.2. The summed E-state index contributed by atoms with van der Waals surface area (Å²) in [6.07, 6.45) is -9.57. The van der Waals surface area contributed by atoms with Crippen molar-refractivity contribution in [3.05, 3.63) is 76.6 Å². The van der Waals surface area contributed by atoms with Gasteiger partial charge >= 0.3 is 12.4 Å². The van der Waals surface area contributed by atoms with Crippen LogP contribution in [-0.4, -0.2) is 63.7 Å². The number of anilines is 2. The van der Waals surface area contributed by atoms with Crippen LogP contribution in [0, 0.1) is 11.3 Å². The molecule has 0 saturated carbocycles. The Morgan fingerprint density at radius 2 is 1.84 bits per heavy atom. The predicted octanol–water partition coefficient (Wildman–Crippen LogP) is 5.16. The number of nitrogens with zero attached hydrogens (tertiary/aromatic N) is 6. The van der Waals surface area contributed by atoms with Gasteiger partial charge in [0.1, 0.15) is 18.0 Å². The zero-order chi connectivity index (χ0) is 35.5. The minimum absolute atomic E-state index is 0.0137. The van der Waals surface area contributed by atoms with Crippen LogP contribution in [0.4, 0.5) is 38.0 Å². The molecule has 1 amide bonds. The van der Waals surface area contributed by atoms with Gasteiger partial charge in [0.2, 0.25) is 0 Å². The molecule has 11 nitrogen and oxygen atoms in total. The largest absolute Gasteiger partial charge is 0.416 e. The smallest absolute Gasteiger partial charge is 0.390 e. The lowest BCUT2D eigenvalue weighted by Gasteiger charge is -2.20. The highest BCUT2D eigenvalue weighted by Crippen LogP contribution is 2.42. The molecule has 3 heterocycles. The monoisotopic (exact) mass is 688 g/mol. The number of carbonyl (C=O) groups excluding carboxylic acids is 1. The first-order chi connectivity index (χ1) is 23.2. The Morgan fingerprint density at radius 1 is 1.06 bits per heavy atom. The van der Waals surface area contributed by atoms with Gasteiger partial charge in [-0.1, -0.05) is 0 Å². The predicted molar refractivity (Wildman–Crippen MR) is 165 cm³/mol. The minimum Gasteiger partial charge on any atom is -0.390 e. The van der Waals surface area contributed by atoms with Crippen molar-refractivity contribution in [1.29, 1.82) is 5.26 Å². The Morgan fingerprint density at radius 3 is 2.49 bits per heavy atom. The maximum absolute atomic E-state index is 14.3. The normalized spacial score (nSPS) is 13.8. The highest BCUT2D eigenvalue weighted by molar-refractivity contribution is 6.10. The molecule has 0 fully saturated rings. The highest BCUT2D eigenvalue weighted by Gasteiger charge is 2.41. The van der Waals surface area contributed by atoms with Crippen molar-refractivity contribution >= 4 is 17.5 Å². The average Bonchev–Trinajstić information content (AvgIpc) is 3.63. The van der Waals surface area contributed by atoms with Crippen LogP contribution in [0.5, 0.6) is 0 Å². The number of aryl methyl sites for hydroxylation is 1. The Bertz CT molecular complexity index is 1890. The van der Waals surface area contributed by atoms with E-state index >= 15 is 0 Å². The first-order valence-electron chi connectivity index (χ1n) is 14.8. The Kier molecular flexibility index (Phi) is 10.2. The summed E-state index contributed by atoms with van der Waals surface area (Å²) in [5.41, 5.74) is -1.88. The number of alkyl halides is 6. The lowest BCUT2D eigenvalue weighted by atomic mass is 9.96. The number of aliphatic hydroxyl groups excluding tert-OH is 1. The van der Waals surface area contributed by atoms with E-state index in [0.29, 0.717) is 13.2 Å². The number of ether oxygens (including phenoxy) is 1. The molecule has 1 aliphatic rings. The van der Waals surface area contributed by atoms with Gasteiger partial charge in [0, 0.05) is 44.9 Å². The van der Waals surface area contributed by atoms with E-state index in [1.54, 1.807) is 7.05 Å². The first-order valence-corrected chi connectivity index (χ1v) is 14.8. The van der Waals surface area contributed by atoms with Gasteiger partial charge < -0.3 is 25.0 Å². The number of benzene rings is 2. The molecule has 4 aromatic rings. The molecule has 1 atom stereocenters. The molecule has 2 aromatic heterocycles. The van der Waals surface area contributed by atoms with E-state index < -0.39 is 42.0 Å². The fraction of sp³-hybridized carbons (Fsp3) is 0.344. The van der Waals surface area contributed by atoms with Crippen LogP contribution >= 0.6 is 0 Å². The van der Waals surface area contributed by atoms with Crippen LogP contribution < -0.4 is 15.5 Å². The second-order valence-electron chi connectivity index (χ2n) is 11.2. The molecule has 5 rings (SSSR count). The molecule has 2 aromatic carbocycles. The van der Waals surface area contributed by atoms with E-state index in [1.165, 1.54) is 42.3 Å². The summed E-state index contributed by atoms with van der Waals surface area (Å²) in [7, 11) is 3.08. The summed E-state index contributed by atoms with van der Waals surface area (Å²) >= 11 is 0. The Labute approximate surface area is 276 Å². The number of nitriles is 1. The van der Waals surface area contributed by atoms with E-state index in [-0.39, 0.29) is 70.4 Å². The topological polar surface area (TPSA) is 141 Å². The van der Waals surface area contributed by atoms with Crippen LogP contribution in [0.3, 0.4) is 0 Å². The summed E-state index contributed by atoms with van der Waals surface area (Å²) in [4.78, 5) is 19.2. The van der Waals surface area contributed by atoms with Gasteiger partial charge in [-0.2, -0.15) is 31.6 Å². The van der Waals surface area contributed by atoms with Crippen molar-refractivity contribution in [3.8, 4) is 28.6 Å². The third kappa shape index (κ3) is 7.82. The molecule has 1 aliphatic heterocycles. The molecule has 3 N–H and O–H groups in total. The first kappa shape index (κ1) is 35.3. The van der Waals surface area contributed by atoms with Crippen molar-refractivity contribution in [2.45, 2.75) is 38.0 Å². The Balaban J connectivity index is 1.64. The number of pyridine rings is 1. The van der Waals surface area contributed by atoms with Gasteiger partial charge in [0.25, 0.3) is 5.91 Å². The number of aliphatic hydroxyl groups is 1. The summed E-state index contributed by atoms with van der Waals surface area (Å²) in [5, 5.41) is 32.7. The quantitative estimate of drug-likeness (QED) is 0.136. The second-order valence-corrected chi connectivity index (χ2v) is 11.2. The van der Waals surface area contributed by atoms with Crippen molar-refractivity contribution in [3.63, 3.8) is 0 Å². The average molecular weight is 689 g/mol. The van der Waals surface area contributed by atoms with Gasteiger partial charge in [-0.25, -0.2) is 4.98 Å². The van der Waals surface area contributed by atoms with E-state index in [1.807, 2.05) is 6.07 Å². The zero-order valence-corrected chi connectivity index (χ0v) is 26.2. The number of rotatable bonds is 12. The number of nitrogens with one attached hydrogen (secondary N) is 2. The van der Waals surface area contributed by atoms with Crippen LogP contribution in [0.15, 0.2) is 48.8 Å². The molecular weight excluding hydrogens is 658 g/mol. The number of methoxy groups -OCH3 is 1. The number of carbonyl (C=O) groups is 1. The standard InChI is InChI=1S/C32H30F6N8O3/c1-45-17-42-44-29(45)22-4-3-20(31(33,34)35)13-23(22)19-11-27(41-15-21(47)5-6-39)43-28(12-19)46-16-25-24(30(46)48)9-18(14-40-7-8-49-2)10-26(25)32(36,37)38/h3-4,9-13,17,21,40,47H,5,7-8,14-16H2,1-2H3,(H,41,43)/t21-/m0/s1. The molecule has 17 heteroatoms. The summed E-state index contributed by atoms with van der Waals surface area (Å²) in [5.74, 6) is -0.761.